The monoisotopic (exact) mass is 443 g/mol. The molecule has 4 heterocycles. The maximum absolute atomic E-state index is 13.4. The van der Waals surface area contributed by atoms with Crippen molar-refractivity contribution in [2.24, 2.45) is 5.92 Å². The van der Waals surface area contributed by atoms with Gasteiger partial charge in [0.2, 0.25) is 5.91 Å². The summed E-state index contributed by atoms with van der Waals surface area (Å²) in [6.45, 7) is 2.43. The molecule has 30 heavy (non-hydrogen) atoms. The lowest BCUT2D eigenvalue weighted by Crippen LogP contribution is -2.54. The van der Waals surface area contributed by atoms with Crippen molar-refractivity contribution in [1.82, 2.24) is 15.1 Å². The van der Waals surface area contributed by atoms with Crippen molar-refractivity contribution in [2.45, 2.75) is 50.6 Å². The van der Waals surface area contributed by atoms with Gasteiger partial charge in [0.1, 0.15) is 12.1 Å². The first-order valence-corrected chi connectivity index (χ1v) is 12.3. The van der Waals surface area contributed by atoms with Gasteiger partial charge in [-0.25, -0.2) is 4.79 Å². The van der Waals surface area contributed by atoms with Crippen LogP contribution in [0.1, 0.15) is 54.0 Å². The molecule has 2 aromatic rings. The summed E-state index contributed by atoms with van der Waals surface area (Å²) in [6, 6.07) is 5.57. The highest BCUT2D eigenvalue weighted by atomic mass is 32.1. The molecular formula is C22H25N3O3S2. The van der Waals surface area contributed by atoms with Crippen molar-refractivity contribution in [3.63, 3.8) is 0 Å². The first kappa shape index (κ1) is 19.8. The van der Waals surface area contributed by atoms with Crippen LogP contribution in [0.25, 0.3) is 0 Å². The molecule has 8 heteroatoms. The normalized spacial score (nSPS) is 28.7. The van der Waals surface area contributed by atoms with Gasteiger partial charge < -0.3 is 10.2 Å². The van der Waals surface area contributed by atoms with Crippen molar-refractivity contribution < 1.29 is 14.4 Å². The fourth-order valence-corrected chi connectivity index (χ4v) is 6.96. The Morgan fingerprint density at radius 1 is 1.23 bits per heavy atom. The number of fused-ring (bicyclic) bond motifs is 1. The van der Waals surface area contributed by atoms with E-state index in [9.17, 15) is 14.4 Å². The summed E-state index contributed by atoms with van der Waals surface area (Å²) in [6.07, 6.45) is 4.38. The number of nitrogens with one attached hydrogen (secondary N) is 1. The molecule has 1 N–H and O–H groups in total. The fraction of sp³-hybridized carbons (Fsp3) is 0.500. The molecule has 6 nitrogen and oxygen atoms in total. The van der Waals surface area contributed by atoms with Crippen LogP contribution in [0.4, 0.5) is 4.79 Å². The topological polar surface area (TPSA) is 69.7 Å². The molecule has 3 atom stereocenters. The predicted molar refractivity (Wildman–Crippen MR) is 117 cm³/mol. The second-order valence-electron chi connectivity index (χ2n) is 8.49. The van der Waals surface area contributed by atoms with Gasteiger partial charge in [0.05, 0.1) is 6.04 Å². The number of imide groups is 1. The Kier molecular flexibility index (Phi) is 4.94. The maximum Gasteiger partial charge on any atom is 0.325 e. The lowest BCUT2D eigenvalue weighted by atomic mass is 9.73. The van der Waals surface area contributed by atoms with Gasteiger partial charge in [-0.05, 0) is 53.6 Å². The van der Waals surface area contributed by atoms with Crippen LogP contribution < -0.4 is 5.32 Å². The molecule has 4 amide bonds. The standard InChI is InChI=1S/C22H25N3O3S2/c1-14-5-2-3-9-22(14)20(27)25(21(28)23-22)13-18(26)24-10-7-16-15(8-12-30-16)19(24)17-6-4-11-29-17/h4,6,8,11-12,14,19H,2-3,5,7,9-10,13H2,1H3,(H,23,28)/t14-,19+,22+/m1/s1. The smallest absolute Gasteiger partial charge is 0.325 e. The van der Waals surface area contributed by atoms with Crippen molar-refractivity contribution in [1.29, 1.82) is 0 Å². The molecule has 0 unspecified atom stereocenters. The molecule has 5 rings (SSSR count). The molecule has 158 valence electrons. The van der Waals surface area contributed by atoms with Crippen LogP contribution >= 0.6 is 22.7 Å². The summed E-state index contributed by atoms with van der Waals surface area (Å²) in [5, 5.41) is 7.04. The Labute approximate surface area is 183 Å². The average molecular weight is 444 g/mol. The van der Waals surface area contributed by atoms with E-state index < -0.39 is 11.6 Å². The van der Waals surface area contributed by atoms with Gasteiger partial charge in [0, 0.05) is 16.3 Å². The van der Waals surface area contributed by atoms with Gasteiger partial charge in [-0.3, -0.25) is 14.5 Å². The predicted octanol–water partition coefficient (Wildman–Crippen LogP) is 3.78. The summed E-state index contributed by atoms with van der Waals surface area (Å²) < 4.78 is 0. The first-order valence-electron chi connectivity index (χ1n) is 10.5. The second kappa shape index (κ2) is 7.50. The Bertz CT molecular complexity index is 986. The molecule has 0 bridgehead atoms. The number of nitrogens with zero attached hydrogens (tertiary/aromatic N) is 2. The summed E-state index contributed by atoms with van der Waals surface area (Å²) in [7, 11) is 0. The van der Waals surface area contributed by atoms with Gasteiger partial charge in [0.15, 0.2) is 0 Å². The fourth-order valence-electron chi connectivity index (χ4n) is 5.20. The van der Waals surface area contributed by atoms with Gasteiger partial charge in [-0.15, -0.1) is 22.7 Å². The highest BCUT2D eigenvalue weighted by Crippen LogP contribution is 2.41. The highest BCUT2D eigenvalue weighted by Gasteiger charge is 2.55. The SMILES string of the molecule is C[C@@H]1CCCC[C@]12NC(=O)N(CC(=O)N1CCc3sccc3[C@H]1c1cccs1)C2=O. The molecule has 0 aromatic carbocycles. The number of carbonyl (C=O) groups is 3. The molecule has 0 radical (unpaired) electrons. The summed E-state index contributed by atoms with van der Waals surface area (Å²) >= 11 is 3.36. The Morgan fingerprint density at radius 2 is 2.10 bits per heavy atom. The van der Waals surface area contributed by atoms with E-state index in [0.717, 1.165) is 41.0 Å². The maximum atomic E-state index is 13.4. The molecular weight excluding hydrogens is 418 g/mol. The van der Waals surface area contributed by atoms with Crippen LogP contribution in [-0.4, -0.2) is 46.3 Å². The number of rotatable bonds is 3. The van der Waals surface area contributed by atoms with E-state index in [0.29, 0.717) is 13.0 Å². The Hall–Kier alpha value is -2.19. The van der Waals surface area contributed by atoms with E-state index in [1.807, 2.05) is 23.3 Å². The van der Waals surface area contributed by atoms with E-state index in [-0.39, 0.29) is 30.3 Å². The molecule has 1 saturated heterocycles. The average Bonchev–Trinajstić information content (AvgIpc) is 3.47. The van der Waals surface area contributed by atoms with Crippen LogP contribution in [0.15, 0.2) is 29.0 Å². The molecule has 2 aromatic heterocycles. The number of urea groups is 1. The van der Waals surface area contributed by atoms with Crippen molar-refractivity contribution in [2.75, 3.05) is 13.1 Å². The van der Waals surface area contributed by atoms with Gasteiger partial charge in [0.25, 0.3) is 5.91 Å². The van der Waals surface area contributed by atoms with E-state index in [1.54, 1.807) is 22.7 Å². The molecule has 2 aliphatic heterocycles. The van der Waals surface area contributed by atoms with E-state index in [4.69, 9.17) is 0 Å². The van der Waals surface area contributed by atoms with E-state index in [2.05, 4.69) is 22.8 Å². The minimum absolute atomic E-state index is 0.0880. The third-order valence-electron chi connectivity index (χ3n) is 6.89. The largest absolute Gasteiger partial charge is 0.329 e. The third kappa shape index (κ3) is 3.00. The molecule has 2 fully saturated rings. The Morgan fingerprint density at radius 3 is 2.87 bits per heavy atom. The molecule has 1 saturated carbocycles. The number of hydrogen-bond acceptors (Lipinski definition) is 5. The summed E-state index contributed by atoms with van der Waals surface area (Å²) in [5.74, 6) is -0.312. The lowest BCUT2D eigenvalue weighted by Gasteiger charge is -2.37. The zero-order valence-electron chi connectivity index (χ0n) is 16.9. The van der Waals surface area contributed by atoms with Crippen molar-refractivity contribution in [3.8, 4) is 0 Å². The number of amides is 4. The van der Waals surface area contributed by atoms with Gasteiger partial charge in [-0.2, -0.15) is 0 Å². The molecule has 3 aliphatic rings. The zero-order chi connectivity index (χ0) is 20.9. The highest BCUT2D eigenvalue weighted by molar-refractivity contribution is 7.10. The van der Waals surface area contributed by atoms with Gasteiger partial charge in [-0.1, -0.05) is 25.8 Å². The van der Waals surface area contributed by atoms with Crippen LogP contribution in [0.3, 0.4) is 0 Å². The Balaban J connectivity index is 1.40. The van der Waals surface area contributed by atoms with Crippen molar-refractivity contribution >= 4 is 40.5 Å². The molecule has 1 aliphatic carbocycles. The van der Waals surface area contributed by atoms with E-state index >= 15 is 0 Å². The second-order valence-corrected chi connectivity index (χ2v) is 10.5. The lowest BCUT2D eigenvalue weighted by molar-refractivity contribution is -0.141. The third-order valence-corrected chi connectivity index (χ3v) is 8.81. The van der Waals surface area contributed by atoms with Crippen molar-refractivity contribution in [3.05, 3.63) is 44.3 Å². The quantitative estimate of drug-likeness (QED) is 0.734. The number of thiophene rings is 2. The van der Waals surface area contributed by atoms with Gasteiger partial charge >= 0.3 is 6.03 Å². The van der Waals surface area contributed by atoms with Crippen LogP contribution in [0.5, 0.6) is 0 Å². The van der Waals surface area contributed by atoms with Crippen LogP contribution in [-0.2, 0) is 16.0 Å². The summed E-state index contributed by atoms with van der Waals surface area (Å²) in [4.78, 5) is 44.8. The van der Waals surface area contributed by atoms with Crippen LogP contribution in [0.2, 0.25) is 0 Å². The first-order chi connectivity index (χ1) is 14.5. The van der Waals surface area contributed by atoms with E-state index in [1.165, 1.54) is 4.88 Å². The minimum atomic E-state index is -0.828. The zero-order valence-corrected chi connectivity index (χ0v) is 18.6. The van der Waals surface area contributed by atoms with Crippen LogP contribution in [0, 0.1) is 5.92 Å². The summed E-state index contributed by atoms with van der Waals surface area (Å²) in [5.41, 5.74) is 0.335. The minimum Gasteiger partial charge on any atom is -0.329 e. The number of carbonyl (C=O) groups excluding carboxylic acids is 3. The number of hydrogen-bond donors (Lipinski definition) is 1. The molecule has 1 spiro atoms.